The van der Waals surface area contributed by atoms with Crippen LogP contribution in [0.15, 0.2) is 59.8 Å². The summed E-state index contributed by atoms with van der Waals surface area (Å²) in [5.41, 5.74) is 2.13. The van der Waals surface area contributed by atoms with E-state index in [2.05, 4.69) is 27.4 Å². The number of nitrogens with zero attached hydrogens (tertiary/aromatic N) is 2. The number of fused-ring (bicyclic) bond motifs is 1. The monoisotopic (exact) mass is 367 g/mol. The van der Waals surface area contributed by atoms with Gasteiger partial charge >= 0.3 is 5.97 Å². The summed E-state index contributed by atoms with van der Waals surface area (Å²) in [5, 5.41) is 4.95. The third-order valence-electron chi connectivity index (χ3n) is 3.76. The Kier molecular flexibility index (Phi) is 6.44. The first-order valence-corrected chi connectivity index (χ1v) is 9.58. The summed E-state index contributed by atoms with van der Waals surface area (Å²) in [6, 6.07) is 18.2. The lowest BCUT2D eigenvalue weighted by Crippen LogP contribution is -2.09. The van der Waals surface area contributed by atoms with Crippen LogP contribution in [0.2, 0.25) is 0 Å². The number of anilines is 1. The van der Waals surface area contributed by atoms with Crippen LogP contribution in [0.25, 0.3) is 10.9 Å². The van der Waals surface area contributed by atoms with Crippen molar-refractivity contribution in [1.82, 2.24) is 9.97 Å². The standard InChI is InChI=1S/C20H21N3O2S/c1-2-25-18(24)14-26-20-22-17-11-7-6-10-16(17)19(23-20)21-13-12-15-8-4-3-5-9-15/h3-11H,2,12-14H2,1H3,(H,21,22,23). The van der Waals surface area contributed by atoms with Crippen molar-refractivity contribution in [2.24, 2.45) is 0 Å². The van der Waals surface area contributed by atoms with E-state index >= 15 is 0 Å². The van der Waals surface area contributed by atoms with Gasteiger partial charge in [0.15, 0.2) is 5.16 Å². The second kappa shape index (κ2) is 9.20. The highest BCUT2D eigenvalue weighted by molar-refractivity contribution is 7.99. The minimum absolute atomic E-state index is 0.204. The Hall–Kier alpha value is -2.60. The summed E-state index contributed by atoms with van der Waals surface area (Å²) >= 11 is 1.29. The second-order valence-corrected chi connectivity index (χ2v) is 6.57. The first-order chi connectivity index (χ1) is 12.8. The van der Waals surface area contributed by atoms with E-state index in [4.69, 9.17) is 4.74 Å². The molecule has 1 aromatic heterocycles. The molecule has 2 aromatic carbocycles. The van der Waals surface area contributed by atoms with Crippen molar-refractivity contribution in [3.05, 3.63) is 60.2 Å². The van der Waals surface area contributed by atoms with Gasteiger partial charge in [-0.15, -0.1) is 0 Å². The smallest absolute Gasteiger partial charge is 0.316 e. The van der Waals surface area contributed by atoms with E-state index in [9.17, 15) is 4.79 Å². The van der Waals surface area contributed by atoms with Crippen LogP contribution in [0.4, 0.5) is 5.82 Å². The number of aromatic nitrogens is 2. The van der Waals surface area contributed by atoms with E-state index < -0.39 is 0 Å². The summed E-state index contributed by atoms with van der Waals surface area (Å²) in [4.78, 5) is 20.7. The first kappa shape index (κ1) is 18.2. The van der Waals surface area contributed by atoms with Crippen LogP contribution in [-0.2, 0) is 16.0 Å². The van der Waals surface area contributed by atoms with Crippen LogP contribution in [0.5, 0.6) is 0 Å². The lowest BCUT2D eigenvalue weighted by Gasteiger charge is -2.10. The Bertz CT molecular complexity index is 871. The number of ether oxygens (including phenoxy) is 1. The molecule has 6 heteroatoms. The zero-order valence-electron chi connectivity index (χ0n) is 14.6. The van der Waals surface area contributed by atoms with Gasteiger partial charge in [-0.3, -0.25) is 4.79 Å². The van der Waals surface area contributed by atoms with E-state index in [1.807, 2.05) is 42.5 Å². The molecule has 0 aliphatic rings. The molecule has 1 N–H and O–H groups in total. The quantitative estimate of drug-likeness (QED) is 0.370. The molecule has 0 saturated carbocycles. The maximum atomic E-state index is 11.6. The average Bonchev–Trinajstić information content (AvgIpc) is 2.67. The van der Waals surface area contributed by atoms with Crippen LogP contribution in [0.1, 0.15) is 12.5 Å². The Morgan fingerprint density at radius 2 is 1.85 bits per heavy atom. The number of benzene rings is 2. The zero-order chi connectivity index (χ0) is 18.2. The molecule has 0 unspecified atom stereocenters. The number of hydrogen-bond acceptors (Lipinski definition) is 6. The fourth-order valence-electron chi connectivity index (χ4n) is 2.55. The molecule has 3 aromatic rings. The molecule has 0 aliphatic carbocycles. The first-order valence-electron chi connectivity index (χ1n) is 8.59. The van der Waals surface area contributed by atoms with Gasteiger partial charge < -0.3 is 10.1 Å². The van der Waals surface area contributed by atoms with Gasteiger partial charge in [0, 0.05) is 11.9 Å². The van der Waals surface area contributed by atoms with Crippen molar-refractivity contribution in [2.45, 2.75) is 18.5 Å². The van der Waals surface area contributed by atoms with Gasteiger partial charge in [-0.2, -0.15) is 0 Å². The number of rotatable bonds is 8. The maximum Gasteiger partial charge on any atom is 0.316 e. The number of hydrogen-bond donors (Lipinski definition) is 1. The summed E-state index contributed by atoms with van der Waals surface area (Å²) in [6.45, 7) is 2.95. The highest BCUT2D eigenvalue weighted by atomic mass is 32.2. The fraction of sp³-hybridized carbons (Fsp3) is 0.250. The van der Waals surface area contributed by atoms with Gasteiger partial charge in [0.2, 0.25) is 0 Å². The Balaban J connectivity index is 1.73. The number of nitrogens with one attached hydrogen (secondary N) is 1. The highest BCUT2D eigenvalue weighted by Crippen LogP contribution is 2.24. The van der Waals surface area contributed by atoms with Gasteiger partial charge in [0.1, 0.15) is 5.82 Å². The molecule has 0 atom stereocenters. The van der Waals surface area contributed by atoms with Crippen LogP contribution in [0, 0.1) is 0 Å². The molecule has 0 fully saturated rings. The molecule has 5 nitrogen and oxygen atoms in total. The van der Waals surface area contributed by atoms with Gasteiger partial charge in [-0.1, -0.05) is 54.2 Å². The normalized spacial score (nSPS) is 10.7. The molecule has 0 amide bonds. The zero-order valence-corrected chi connectivity index (χ0v) is 15.5. The summed E-state index contributed by atoms with van der Waals surface area (Å²) in [7, 11) is 0. The number of para-hydroxylation sites is 1. The highest BCUT2D eigenvalue weighted by Gasteiger charge is 2.10. The Morgan fingerprint density at radius 1 is 1.08 bits per heavy atom. The molecule has 0 saturated heterocycles. The van der Waals surface area contributed by atoms with E-state index in [0.717, 1.165) is 29.7 Å². The molecule has 0 spiro atoms. The predicted octanol–water partition coefficient (Wildman–Crippen LogP) is 3.94. The van der Waals surface area contributed by atoms with Crippen molar-refractivity contribution < 1.29 is 9.53 Å². The molecule has 0 radical (unpaired) electrons. The van der Waals surface area contributed by atoms with Crippen LogP contribution in [-0.4, -0.2) is 34.8 Å². The number of thioether (sulfide) groups is 1. The van der Waals surface area contributed by atoms with Gasteiger partial charge in [-0.25, -0.2) is 9.97 Å². The van der Waals surface area contributed by atoms with Gasteiger partial charge in [0.25, 0.3) is 0 Å². The number of esters is 1. The third-order valence-corrected chi connectivity index (χ3v) is 4.58. The van der Waals surface area contributed by atoms with E-state index in [-0.39, 0.29) is 11.7 Å². The summed E-state index contributed by atoms with van der Waals surface area (Å²) in [6.07, 6.45) is 0.907. The van der Waals surface area contributed by atoms with E-state index in [0.29, 0.717) is 11.8 Å². The van der Waals surface area contributed by atoms with Gasteiger partial charge in [-0.05, 0) is 31.0 Å². The fourth-order valence-corrected chi connectivity index (χ4v) is 3.20. The predicted molar refractivity (Wildman–Crippen MR) is 106 cm³/mol. The Morgan fingerprint density at radius 3 is 2.65 bits per heavy atom. The van der Waals surface area contributed by atoms with Crippen molar-refractivity contribution in [3.63, 3.8) is 0 Å². The molecular weight excluding hydrogens is 346 g/mol. The van der Waals surface area contributed by atoms with Crippen LogP contribution in [0.3, 0.4) is 0 Å². The molecule has 26 heavy (non-hydrogen) atoms. The van der Waals surface area contributed by atoms with Crippen LogP contribution < -0.4 is 5.32 Å². The van der Waals surface area contributed by atoms with Crippen molar-refractivity contribution in [3.8, 4) is 0 Å². The Labute approximate surface area is 157 Å². The maximum absolute atomic E-state index is 11.6. The van der Waals surface area contributed by atoms with E-state index in [1.165, 1.54) is 17.3 Å². The molecule has 134 valence electrons. The average molecular weight is 367 g/mol. The van der Waals surface area contributed by atoms with E-state index in [1.54, 1.807) is 6.92 Å². The summed E-state index contributed by atoms with van der Waals surface area (Å²) < 4.78 is 4.96. The molecule has 0 bridgehead atoms. The minimum atomic E-state index is -0.257. The third kappa shape index (κ3) is 4.95. The van der Waals surface area contributed by atoms with Crippen molar-refractivity contribution in [1.29, 1.82) is 0 Å². The largest absolute Gasteiger partial charge is 0.465 e. The molecule has 0 aliphatic heterocycles. The number of carbonyl (C=O) groups is 1. The van der Waals surface area contributed by atoms with Crippen molar-refractivity contribution in [2.75, 3.05) is 24.2 Å². The second-order valence-electron chi connectivity index (χ2n) is 5.63. The minimum Gasteiger partial charge on any atom is -0.465 e. The lowest BCUT2D eigenvalue weighted by molar-refractivity contribution is -0.139. The van der Waals surface area contributed by atoms with Gasteiger partial charge in [0.05, 0.1) is 17.9 Å². The molecular formula is C20H21N3O2S. The number of carbonyl (C=O) groups excluding carboxylic acids is 1. The topological polar surface area (TPSA) is 64.1 Å². The van der Waals surface area contributed by atoms with Crippen LogP contribution >= 0.6 is 11.8 Å². The summed E-state index contributed by atoms with van der Waals surface area (Å²) in [5.74, 6) is 0.737. The van der Waals surface area contributed by atoms with Crippen molar-refractivity contribution >= 4 is 34.5 Å². The SMILES string of the molecule is CCOC(=O)CSc1nc(NCCc2ccccc2)c2ccccc2n1. The molecule has 3 rings (SSSR count). The molecule has 1 heterocycles. The lowest BCUT2D eigenvalue weighted by atomic mass is 10.1.